The van der Waals surface area contributed by atoms with Crippen LogP contribution in [0.2, 0.25) is 0 Å². The van der Waals surface area contributed by atoms with E-state index in [1.54, 1.807) is 35.6 Å². The lowest BCUT2D eigenvalue weighted by molar-refractivity contribution is 0.0692. The Hall–Kier alpha value is -3.94. The van der Waals surface area contributed by atoms with Crippen LogP contribution in [0.4, 0.5) is 4.39 Å². The first-order valence-corrected chi connectivity index (χ1v) is 10.9. The zero-order valence-corrected chi connectivity index (χ0v) is 17.9. The number of hydrogen-bond donors (Lipinski definition) is 0. The van der Waals surface area contributed by atoms with Gasteiger partial charge in [-0.3, -0.25) is 4.79 Å². The molecule has 1 fully saturated rings. The highest BCUT2D eigenvalue weighted by Crippen LogP contribution is 2.28. The van der Waals surface area contributed by atoms with Gasteiger partial charge in [-0.25, -0.2) is 24.3 Å². The standard InChI is InChI=1S/C25H22FN5O2/c26-20-6-1-4-17(10-20)11-21-14-29-24(33-21)18-5-3-9-31(15-18)25(32)23-8-2-7-22(30-23)19-12-27-16-28-13-19/h1-2,4,6-8,10,12-14,16,18H,3,5,9,11,15H2/t18-/m0/s1. The Morgan fingerprint density at radius 2 is 1.97 bits per heavy atom. The molecule has 1 aliphatic rings. The fourth-order valence-electron chi connectivity index (χ4n) is 4.11. The van der Waals surface area contributed by atoms with Crippen molar-refractivity contribution in [2.75, 3.05) is 13.1 Å². The number of pyridine rings is 1. The predicted molar refractivity (Wildman–Crippen MR) is 119 cm³/mol. The van der Waals surface area contributed by atoms with Crippen LogP contribution in [0.1, 0.15) is 46.5 Å². The van der Waals surface area contributed by atoms with Crippen LogP contribution in [0, 0.1) is 5.82 Å². The van der Waals surface area contributed by atoms with E-state index < -0.39 is 0 Å². The molecular formula is C25H22FN5O2. The molecule has 0 spiro atoms. The lowest BCUT2D eigenvalue weighted by atomic mass is 9.97. The van der Waals surface area contributed by atoms with E-state index in [4.69, 9.17) is 4.42 Å². The summed E-state index contributed by atoms with van der Waals surface area (Å²) in [6.45, 7) is 1.17. The highest BCUT2D eigenvalue weighted by molar-refractivity contribution is 5.93. The maximum absolute atomic E-state index is 13.5. The molecule has 1 aromatic carbocycles. The van der Waals surface area contributed by atoms with Crippen molar-refractivity contribution in [1.82, 2.24) is 24.8 Å². The van der Waals surface area contributed by atoms with E-state index in [1.807, 2.05) is 18.2 Å². The average Bonchev–Trinajstić information content (AvgIpc) is 3.33. The Bertz CT molecular complexity index is 1260. The molecule has 1 aliphatic heterocycles. The van der Waals surface area contributed by atoms with Crippen molar-refractivity contribution >= 4 is 5.91 Å². The van der Waals surface area contributed by atoms with Crippen LogP contribution in [-0.2, 0) is 6.42 Å². The van der Waals surface area contributed by atoms with E-state index in [0.29, 0.717) is 42.5 Å². The average molecular weight is 443 g/mol. The predicted octanol–water partition coefficient (Wildman–Crippen LogP) is 4.28. The summed E-state index contributed by atoms with van der Waals surface area (Å²) in [4.78, 5) is 32.0. The topological polar surface area (TPSA) is 85.0 Å². The van der Waals surface area contributed by atoms with Crippen LogP contribution in [-0.4, -0.2) is 43.8 Å². The lowest BCUT2D eigenvalue weighted by Crippen LogP contribution is -2.39. The molecule has 0 saturated carbocycles. The molecule has 4 heterocycles. The molecule has 33 heavy (non-hydrogen) atoms. The second kappa shape index (κ2) is 9.28. The molecule has 0 unspecified atom stereocenters. The van der Waals surface area contributed by atoms with Crippen molar-refractivity contribution < 1.29 is 13.6 Å². The van der Waals surface area contributed by atoms with Crippen molar-refractivity contribution in [2.24, 2.45) is 0 Å². The van der Waals surface area contributed by atoms with Gasteiger partial charge in [0.15, 0.2) is 5.89 Å². The molecule has 1 atom stereocenters. The molecule has 166 valence electrons. The van der Waals surface area contributed by atoms with E-state index >= 15 is 0 Å². The maximum Gasteiger partial charge on any atom is 0.272 e. The Balaban J connectivity index is 1.28. The number of piperidine rings is 1. The Morgan fingerprint density at radius 3 is 2.82 bits per heavy atom. The summed E-state index contributed by atoms with van der Waals surface area (Å²) in [7, 11) is 0. The highest BCUT2D eigenvalue weighted by Gasteiger charge is 2.29. The van der Waals surface area contributed by atoms with Crippen molar-refractivity contribution in [3.63, 3.8) is 0 Å². The summed E-state index contributed by atoms with van der Waals surface area (Å²) < 4.78 is 19.4. The number of likely N-dealkylation sites (tertiary alicyclic amines) is 1. The number of carbonyl (C=O) groups is 1. The SMILES string of the molecule is O=C(c1cccc(-c2cncnc2)n1)N1CCC[C@H](c2ncc(Cc3cccc(F)c3)o2)C1. The van der Waals surface area contributed by atoms with E-state index in [2.05, 4.69) is 19.9 Å². The molecule has 0 N–H and O–H groups in total. The lowest BCUT2D eigenvalue weighted by Gasteiger charge is -2.31. The molecule has 8 heteroatoms. The second-order valence-corrected chi connectivity index (χ2v) is 8.10. The van der Waals surface area contributed by atoms with Gasteiger partial charge in [-0.1, -0.05) is 18.2 Å². The summed E-state index contributed by atoms with van der Waals surface area (Å²) in [5.41, 5.74) is 2.63. The first-order chi connectivity index (χ1) is 16.2. The molecule has 0 radical (unpaired) electrons. The molecule has 1 saturated heterocycles. The number of hydrogen-bond acceptors (Lipinski definition) is 6. The molecule has 5 rings (SSSR count). The second-order valence-electron chi connectivity index (χ2n) is 8.10. The minimum absolute atomic E-state index is 0.00895. The number of carbonyl (C=O) groups excluding carboxylic acids is 1. The molecule has 1 amide bonds. The van der Waals surface area contributed by atoms with Gasteiger partial charge in [0.25, 0.3) is 5.91 Å². The molecule has 0 bridgehead atoms. The van der Waals surface area contributed by atoms with Crippen molar-refractivity contribution in [1.29, 1.82) is 0 Å². The summed E-state index contributed by atoms with van der Waals surface area (Å²) in [6.07, 6.45) is 8.70. The van der Waals surface area contributed by atoms with Crippen LogP contribution < -0.4 is 0 Å². The van der Waals surface area contributed by atoms with Crippen LogP contribution in [0.5, 0.6) is 0 Å². The monoisotopic (exact) mass is 443 g/mol. The maximum atomic E-state index is 13.5. The summed E-state index contributed by atoms with van der Waals surface area (Å²) in [6, 6.07) is 11.8. The zero-order chi connectivity index (χ0) is 22.6. The van der Waals surface area contributed by atoms with Crippen molar-refractivity contribution in [3.8, 4) is 11.3 Å². The third kappa shape index (κ3) is 4.79. The van der Waals surface area contributed by atoms with Gasteiger partial charge in [-0.2, -0.15) is 0 Å². The Morgan fingerprint density at radius 1 is 1.12 bits per heavy atom. The minimum atomic E-state index is -0.272. The van der Waals surface area contributed by atoms with Crippen LogP contribution in [0.3, 0.4) is 0 Å². The summed E-state index contributed by atoms with van der Waals surface area (Å²) in [5.74, 6) is 0.909. The fourth-order valence-corrected chi connectivity index (χ4v) is 4.11. The number of benzene rings is 1. The number of aromatic nitrogens is 4. The van der Waals surface area contributed by atoms with Gasteiger partial charge in [0.1, 0.15) is 23.6 Å². The normalized spacial score (nSPS) is 16.0. The molecular weight excluding hydrogens is 421 g/mol. The van der Waals surface area contributed by atoms with Gasteiger partial charge in [0.05, 0.1) is 17.8 Å². The fraction of sp³-hybridized carbons (Fsp3) is 0.240. The van der Waals surface area contributed by atoms with Crippen molar-refractivity contribution in [2.45, 2.75) is 25.2 Å². The third-order valence-corrected chi connectivity index (χ3v) is 5.72. The quantitative estimate of drug-likeness (QED) is 0.458. The van der Waals surface area contributed by atoms with Gasteiger partial charge >= 0.3 is 0 Å². The van der Waals surface area contributed by atoms with Crippen LogP contribution >= 0.6 is 0 Å². The minimum Gasteiger partial charge on any atom is -0.445 e. The largest absolute Gasteiger partial charge is 0.445 e. The van der Waals surface area contributed by atoms with Gasteiger partial charge < -0.3 is 9.32 Å². The molecule has 4 aromatic rings. The molecule has 3 aromatic heterocycles. The number of nitrogens with zero attached hydrogens (tertiary/aromatic N) is 5. The Labute approximate surface area is 190 Å². The number of halogens is 1. The summed E-state index contributed by atoms with van der Waals surface area (Å²) >= 11 is 0. The first kappa shape index (κ1) is 20.9. The van der Waals surface area contributed by atoms with Gasteiger partial charge in [-0.05, 0) is 42.7 Å². The third-order valence-electron chi connectivity index (χ3n) is 5.72. The first-order valence-electron chi connectivity index (χ1n) is 10.9. The molecule has 7 nitrogen and oxygen atoms in total. The van der Waals surface area contributed by atoms with Crippen LogP contribution in [0.15, 0.2) is 71.8 Å². The zero-order valence-electron chi connectivity index (χ0n) is 17.9. The van der Waals surface area contributed by atoms with Crippen molar-refractivity contribution in [3.05, 3.63) is 96.1 Å². The highest BCUT2D eigenvalue weighted by atomic mass is 19.1. The number of amides is 1. The van der Waals surface area contributed by atoms with E-state index in [1.165, 1.54) is 18.5 Å². The number of rotatable bonds is 5. The van der Waals surface area contributed by atoms with Crippen LogP contribution in [0.25, 0.3) is 11.3 Å². The van der Waals surface area contributed by atoms with Gasteiger partial charge in [-0.15, -0.1) is 0 Å². The van der Waals surface area contributed by atoms with E-state index in [9.17, 15) is 9.18 Å². The van der Waals surface area contributed by atoms with E-state index in [0.717, 1.165) is 24.0 Å². The number of oxazole rings is 1. The summed E-state index contributed by atoms with van der Waals surface area (Å²) in [5, 5.41) is 0. The Kier molecular flexibility index (Phi) is 5.89. The smallest absolute Gasteiger partial charge is 0.272 e. The van der Waals surface area contributed by atoms with Gasteiger partial charge in [0.2, 0.25) is 0 Å². The van der Waals surface area contributed by atoms with E-state index in [-0.39, 0.29) is 17.6 Å². The van der Waals surface area contributed by atoms with Gasteiger partial charge in [0, 0.05) is 37.5 Å². The molecule has 0 aliphatic carbocycles.